The van der Waals surface area contributed by atoms with Gasteiger partial charge in [-0.15, -0.1) is 0 Å². The van der Waals surface area contributed by atoms with Crippen LogP contribution in [0.1, 0.15) is 5.56 Å². The molecule has 168 valence electrons. The summed E-state index contributed by atoms with van der Waals surface area (Å²) in [6.45, 7) is 5.01. The maximum Gasteiger partial charge on any atom is 0.276 e. The van der Waals surface area contributed by atoms with Gasteiger partial charge in [-0.05, 0) is 48.0 Å². The molecule has 31 heavy (non-hydrogen) atoms. The topological polar surface area (TPSA) is 99.9 Å². The van der Waals surface area contributed by atoms with Crippen molar-refractivity contribution in [2.75, 3.05) is 53.7 Å². The normalized spacial score (nSPS) is 15.0. The molecule has 9 nitrogen and oxygen atoms in total. The second-order valence-electron chi connectivity index (χ2n) is 6.90. The van der Waals surface area contributed by atoms with Crippen molar-refractivity contribution in [2.24, 2.45) is 5.10 Å². The minimum Gasteiger partial charge on any atom is -0.497 e. The molecule has 0 spiro atoms. The van der Waals surface area contributed by atoms with Crippen molar-refractivity contribution in [3.63, 3.8) is 0 Å². The summed E-state index contributed by atoms with van der Waals surface area (Å²) in [4.78, 5) is 3.75. The van der Waals surface area contributed by atoms with E-state index in [4.69, 9.17) is 18.9 Å². The quantitative estimate of drug-likeness (QED) is 0.399. The zero-order valence-electron chi connectivity index (χ0n) is 17.7. The Bertz CT molecular complexity index is 973. The fourth-order valence-electron chi connectivity index (χ4n) is 3.08. The Hall–Kier alpha value is -2.82. The summed E-state index contributed by atoms with van der Waals surface area (Å²) in [5.41, 5.74) is 0.667. The molecule has 3 rings (SSSR count). The van der Waals surface area contributed by atoms with E-state index in [2.05, 4.69) is 9.93 Å². The third-order valence-corrected chi connectivity index (χ3v) is 6.10. The van der Waals surface area contributed by atoms with E-state index < -0.39 is 10.0 Å². The molecular weight excluding hydrogens is 422 g/mol. The summed E-state index contributed by atoms with van der Waals surface area (Å²) in [7, 11) is -0.699. The maximum absolute atomic E-state index is 12.3. The van der Waals surface area contributed by atoms with Gasteiger partial charge in [0, 0.05) is 0 Å². The number of morpholine rings is 1. The number of ether oxygens (including phenoxy) is 4. The predicted molar refractivity (Wildman–Crippen MR) is 116 cm³/mol. The molecule has 2 aromatic carbocycles. The van der Waals surface area contributed by atoms with Crippen molar-refractivity contribution in [3.8, 4) is 17.2 Å². The van der Waals surface area contributed by atoms with E-state index in [1.54, 1.807) is 37.4 Å². The van der Waals surface area contributed by atoms with Crippen LogP contribution in [0.5, 0.6) is 17.2 Å². The first kappa shape index (κ1) is 22.9. The van der Waals surface area contributed by atoms with Crippen LogP contribution in [0.25, 0.3) is 0 Å². The molecule has 2 N–H and O–H groups in total. The number of hydrogen-bond acceptors (Lipinski definition) is 7. The molecule has 0 amide bonds. The van der Waals surface area contributed by atoms with Crippen LogP contribution in [-0.2, 0) is 14.8 Å². The molecule has 1 aliphatic rings. The minimum absolute atomic E-state index is 0.0918. The molecule has 0 aliphatic carbocycles. The van der Waals surface area contributed by atoms with E-state index in [9.17, 15) is 8.42 Å². The van der Waals surface area contributed by atoms with Crippen molar-refractivity contribution >= 4 is 16.2 Å². The number of nitrogens with zero attached hydrogens (tertiary/aromatic N) is 1. The Kier molecular flexibility index (Phi) is 8.10. The summed E-state index contributed by atoms with van der Waals surface area (Å²) in [5.74, 6) is 1.76. The SMILES string of the molecule is COc1ccc(S(=O)(=O)N/N=C\c2ccc(OCC[NH+]3CCOCC3)c(OC)c2)cc1. The van der Waals surface area contributed by atoms with E-state index >= 15 is 0 Å². The number of methoxy groups -OCH3 is 2. The lowest BCUT2D eigenvalue weighted by atomic mass is 10.2. The molecule has 0 saturated carbocycles. The summed E-state index contributed by atoms with van der Waals surface area (Å²) >= 11 is 0. The van der Waals surface area contributed by atoms with Gasteiger partial charge in [0.25, 0.3) is 10.0 Å². The first-order valence-corrected chi connectivity index (χ1v) is 11.4. The molecule has 1 heterocycles. The van der Waals surface area contributed by atoms with Crippen molar-refractivity contribution in [1.29, 1.82) is 0 Å². The van der Waals surface area contributed by atoms with Gasteiger partial charge in [-0.25, -0.2) is 4.83 Å². The zero-order chi connectivity index (χ0) is 22.1. The number of hydrogen-bond donors (Lipinski definition) is 2. The van der Waals surface area contributed by atoms with Gasteiger partial charge in [-0.3, -0.25) is 0 Å². The molecule has 10 heteroatoms. The smallest absolute Gasteiger partial charge is 0.276 e. The molecule has 1 saturated heterocycles. The van der Waals surface area contributed by atoms with E-state index in [1.165, 1.54) is 30.4 Å². The predicted octanol–water partition coefficient (Wildman–Crippen LogP) is 0.310. The van der Waals surface area contributed by atoms with Gasteiger partial charge in [-0.1, -0.05) is 0 Å². The monoisotopic (exact) mass is 450 g/mol. The number of rotatable bonds is 10. The molecule has 0 radical (unpaired) electrons. The second kappa shape index (κ2) is 11.0. The second-order valence-corrected chi connectivity index (χ2v) is 8.56. The zero-order valence-corrected chi connectivity index (χ0v) is 18.5. The molecule has 0 unspecified atom stereocenters. The van der Waals surface area contributed by atoms with Crippen LogP contribution < -0.4 is 23.9 Å². The van der Waals surface area contributed by atoms with Gasteiger partial charge in [-0.2, -0.15) is 13.5 Å². The van der Waals surface area contributed by atoms with E-state index in [0.717, 1.165) is 32.8 Å². The number of nitrogens with one attached hydrogen (secondary N) is 2. The van der Waals surface area contributed by atoms with Crippen LogP contribution in [0.3, 0.4) is 0 Å². The molecule has 1 fully saturated rings. The fourth-order valence-corrected chi connectivity index (χ4v) is 3.87. The van der Waals surface area contributed by atoms with Gasteiger partial charge < -0.3 is 23.8 Å². The average Bonchev–Trinajstić information content (AvgIpc) is 2.80. The summed E-state index contributed by atoms with van der Waals surface area (Å²) in [6, 6.07) is 11.3. The molecule has 0 bridgehead atoms. The number of benzene rings is 2. The molecule has 0 aromatic heterocycles. The Labute approximate surface area is 182 Å². The van der Waals surface area contributed by atoms with E-state index in [0.29, 0.717) is 29.4 Å². The van der Waals surface area contributed by atoms with Gasteiger partial charge >= 0.3 is 0 Å². The largest absolute Gasteiger partial charge is 0.497 e. The fraction of sp³-hybridized carbons (Fsp3) is 0.381. The molecular formula is C21H28N3O6S+. The van der Waals surface area contributed by atoms with Gasteiger partial charge in [0.2, 0.25) is 0 Å². The third kappa shape index (κ3) is 6.58. The Morgan fingerprint density at radius 2 is 1.81 bits per heavy atom. The highest BCUT2D eigenvalue weighted by Gasteiger charge is 2.15. The highest BCUT2D eigenvalue weighted by Crippen LogP contribution is 2.27. The van der Waals surface area contributed by atoms with Gasteiger partial charge in [0.15, 0.2) is 11.5 Å². The summed E-state index contributed by atoms with van der Waals surface area (Å²) < 4.78 is 46.3. The van der Waals surface area contributed by atoms with Crippen LogP contribution >= 0.6 is 0 Å². The van der Waals surface area contributed by atoms with E-state index in [1.807, 2.05) is 0 Å². The van der Waals surface area contributed by atoms with Crippen LogP contribution in [-0.4, -0.2) is 68.3 Å². The van der Waals surface area contributed by atoms with Crippen molar-refractivity contribution in [3.05, 3.63) is 48.0 Å². The molecule has 2 aromatic rings. The lowest BCUT2D eigenvalue weighted by Gasteiger charge is -2.23. The van der Waals surface area contributed by atoms with Crippen LogP contribution in [0.15, 0.2) is 52.5 Å². The van der Waals surface area contributed by atoms with Crippen LogP contribution in [0.4, 0.5) is 0 Å². The standard InChI is InChI=1S/C21H27N3O6S/c1-27-18-4-6-19(7-5-18)31(25,26)23-22-16-17-3-8-20(21(15-17)28-2)30-14-11-24-9-12-29-13-10-24/h3-8,15-16,23H,9-14H2,1-2H3/p+1/b22-16-. The van der Waals surface area contributed by atoms with Crippen molar-refractivity contribution < 1.29 is 32.3 Å². The first-order chi connectivity index (χ1) is 15.0. The minimum atomic E-state index is -3.77. The highest BCUT2D eigenvalue weighted by molar-refractivity contribution is 7.89. The Morgan fingerprint density at radius 1 is 1.06 bits per heavy atom. The first-order valence-electron chi connectivity index (χ1n) is 9.93. The maximum atomic E-state index is 12.3. The molecule has 1 aliphatic heterocycles. The Morgan fingerprint density at radius 3 is 2.48 bits per heavy atom. The van der Waals surface area contributed by atoms with Crippen LogP contribution in [0, 0.1) is 0 Å². The summed E-state index contributed by atoms with van der Waals surface area (Å²) in [5, 5.41) is 3.85. The van der Waals surface area contributed by atoms with Gasteiger partial charge in [0.05, 0.1) is 38.5 Å². The average molecular weight is 451 g/mol. The van der Waals surface area contributed by atoms with Crippen molar-refractivity contribution in [1.82, 2.24) is 4.83 Å². The number of sulfonamides is 1. The Balaban J connectivity index is 1.57. The lowest BCUT2D eigenvalue weighted by molar-refractivity contribution is -0.908. The van der Waals surface area contributed by atoms with Crippen LogP contribution in [0.2, 0.25) is 0 Å². The number of hydrazone groups is 1. The van der Waals surface area contributed by atoms with Crippen molar-refractivity contribution in [2.45, 2.75) is 4.90 Å². The lowest BCUT2D eigenvalue weighted by Crippen LogP contribution is -3.14. The highest BCUT2D eigenvalue weighted by atomic mass is 32.2. The molecule has 0 atom stereocenters. The summed E-state index contributed by atoms with van der Waals surface area (Å²) in [6.07, 6.45) is 1.41. The third-order valence-electron chi connectivity index (χ3n) is 4.86. The number of quaternary nitrogens is 1. The van der Waals surface area contributed by atoms with Gasteiger partial charge in [0.1, 0.15) is 32.0 Å². The van der Waals surface area contributed by atoms with E-state index in [-0.39, 0.29) is 4.90 Å².